The predicted octanol–water partition coefficient (Wildman–Crippen LogP) is 2.92. The second-order valence-corrected chi connectivity index (χ2v) is 15.8. The average Bonchev–Trinajstić information content (AvgIpc) is 3.30. The highest BCUT2D eigenvalue weighted by molar-refractivity contribution is 6.32. The predicted molar refractivity (Wildman–Crippen MR) is 165 cm³/mol. The quantitative estimate of drug-likeness (QED) is 0.386. The monoisotopic (exact) mass is 675 g/mol. The number of likely N-dealkylation sites (N-methyl/N-ethyl adjacent to an activating group) is 1. The number of phenols is 1. The van der Waals surface area contributed by atoms with Crippen LogP contribution in [0, 0.1) is 40.4 Å². The molecule has 262 valence electrons. The Balaban J connectivity index is 1.44. The zero-order chi connectivity index (χ0) is 35.6. The standard InChI is InChI=1S/C35H44F3N3O7/c1-7-41(21-13-17-8-9-33(21,4)32(17,2)3)14-16-12-20(42)23-18(25(16)35(36,37)38)10-15-11-19-26(40(5)6)28(44)24(31(39)47)30(46)34(19,48)29(45)22(15)27(23)43/h12,15,17,19,21-22,24,26,42,48H,7-11,13-14H2,1-6H3,(H2,39,47)/t15-,17?,19-,21-,22?,24?,26-,33?,34-/m0/s1. The zero-order valence-electron chi connectivity index (χ0n) is 28.1. The number of carbonyl (C=O) groups is 5. The van der Waals surface area contributed by atoms with Crippen LogP contribution in [0.25, 0.3) is 0 Å². The number of fused-ring (bicyclic) bond motifs is 5. The molecule has 0 radical (unpaired) electrons. The number of hydrogen-bond donors (Lipinski definition) is 3. The number of nitrogens with two attached hydrogens (primary N) is 1. The summed E-state index contributed by atoms with van der Waals surface area (Å²) >= 11 is 0. The number of primary amides is 1. The van der Waals surface area contributed by atoms with Crippen molar-refractivity contribution in [2.24, 2.45) is 46.2 Å². The van der Waals surface area contributed by atoms with Crippen LogP contribution in [0.3, 0.4) is 0 Å². The van der Waals surface area contributed by atoms with Crippen LogP contribution in [-0.2, 0) is 38.3 Å². The van der Waals surface area contributed by atoms with E-state index in [0.29, 0.717) is 12.5 Å². The Labute approximate surface area is 277 Å². The van der Waals surface area contributed by atoms with Gasteiger partial charge in [0.1, 0.15) is 5.75 Å². The third-order valence-corrected chi connectivity index (χ3v) is 13.4. The maximum absolute atomic E-state index is 15.1. The molecule has 0 saturated heterocycles. The van der Waals surface area contributed by atoms with Gasteiger partial charge in [0, 0.05) is 18.5 Å². The summed E-state index contributed by atoms with van der Waals surface area (Å²) in [5, 5.41) is 23.0. The minimum atomic E-state index is -4.92. The molecule has 5 aliphatic rings. The molecule has 13 heteroatoms. The maximum atomic E-state index is 15.1. The molecule has 0 aromatic heterocycles. The van der Waals surface area contributed by atoms with Gasteiger partial charge in [-0.05, 0) is 92.6 Å². The zero-order valence-corrected chi connectivity index (χ0v) is 28.1. The number of carbonyl (C=O) groups excluding carboxylic acids is 5. The Morgan fingerprint density at radius 2 is 1.73 bits per heavy atom. The summed E-state index contributed by atoms with van der Waals surface area (Å²) in [5.74, 6) is -12.9. The van der Waals surface area contributed by atoms with Crippen molar-refractivity contribution in [3.05, 3.63) is 28.3 Å². The molecule has 48 heavy (non-hydrogen) atoms. The van der Waals surface area contributed by atoms with Crippen molar-refractivity contribution in [1.29, 1.82) is 0 Å². The normalized spacial score (nSPS) is 37.2. The van der Waals surface area contributed by atoms with Gasteiger partial charge in [-0.3, -0.25) is 33.8 Å². The lowest BCUT2D eigenvalue weighted by Gasteiger charge is -2.52. The van der Waals surface area contributed by atoms with Gasteiger partial charge in [-0.25, -0.2) is 0 Å². The number of rotatable bonds is 6. The summed E-state index contributed by atoms with van der Waals surface area (Å²) in [6, 6.07) is -0.369. The summed E-state index contributed by atoms with van der Waals surface area (Å²) in [4.78, 5) is 70.4. The van der Waals surface area contributed by atoms with Crippen molar-refractivity contribution in [1.82, 2.24) is 9.80 Å². The summed E-state index contributed by atoms with van der Waals surface area (Å²) in [6.45, 7) is 8.90. The van der Waals surface area contributed by atoms with Gasteiger partial charge in [0.2, 0.25) is 5.91 Å². The first-order chi connectivity index (χ1) is 22.1. The molecular formula is C35H44F3N3O7. The number of halogens is 3. The van der Waals surface area contributed by atoms with Crippen LogP contribution < -0.4 is 5.73 Å². The third kappa shape index (κ3) is 4.45. The number of nitrogens with zero attached hydrogens (tertiary/aromatic N) is 2. The number of benzene rings is 1. The van der Waals surface area contributed by atoms with E-state index in [0.717, 1.165) is 25.3 Å². The molecular weight excluding hydrogens is 631 g/mol. The summed E-state index contributed by atoms with van der Waals surface area (Å²) in [5.41, 5.74) is -0.00851. The SMILES string of the molecule is CCN(Cc1cc(O)c2c(c1C(F)(F)F)C[C@H]1C[C@H]3[C@H](N(C)C)C(=O)C(C(N)=O)C(=O)[C@@]3(O)C(=O)C1C2=O)[C@H]1CC2CCC1(C)C2(C)C. The van der Waals surface area contributed by atoms with Crippen LogP contribution in [0.4, 0.5) is 13.2 Å². The number of phenolic OH excluding ortho intramolecular Hbond substituents is 1. The fourth-order valence-electron chi connectivity index (χ4n) is 10.6. The number of aromatic hydroxyl groups is 1. The van der Waals surface area contributed by atoms with E-state index in [-0.39, 0.29) is 35.4 Å². The lowest BCUT2D eigenvalue weighted by molar-refractivity contribution is -0.181. The molecule has 0 aliphatic heterocycles. The Bertz CT molecular complexity index is 1640. The highest BCUT2D eigenvalue weighted by Gasteiger charge is 2.69. The van der Waals surface area contributed by atoms with E-state index in [1.807, 2.05) is 11.8 Å². The van der Waals surface area contributed by atoms with Crippen LogP contribution in [0.2, 0.25) is 0 Å². The van der Waals surface area contributed by atoms with E-state index >= 15 is 13.2 Å². The van der Waals surface area contributed by atoms with E-state index < -0.39 is 99.4 Å². The van der Waals surface area contributed by atoms with Gasteiger partial charge in [0.05, 0.1) is 23.1 Å². The minimum Gasteiger partial charge on any atom is -0.507 e. The molecule has 4 fully saturated rings. The van der Waals surface area contributed by atoms with Crippen molar-refractivity contribution in [3.8, 4) is 5.75 Å². The van der Waals surface area contributed by atoms with Gasteiger partial charge in [-0.15, -0.1) is 0 Å². The van der Waals surface area contributed by atoms with E-state index in [1.165, 1.54) is 19.0 Å². The Kier molecular flexibility index (Phi) is 7.89. The van der Waals surface area contributed by atoms with Gasteiger partial charge < -0.3 is 15.9 Å². The van der Waals surface area contributed by atoms with Crippen molar-refractivity contribution in [2.75, 3.05) is 20.6 Å². The van der Waals surface area contributed by atoms with Gasteiger partial charge in [0.25, 0.3) is 0 Å². The Morgan fingerprint density at radius 3 is 2.23 bits per heavy atom. The molecule has 4 N–H and O–H groups in total. The van der Waals surface area contributed by atoms with E-state index in [4.69, 9.17) is 5.73 Å². The fourth-order valence-corrected chi connectivity index (χ4v) is 10.6. The van der Waals surface area contributed by atoms with Crippen LogP contribution in [0.5, 0.6) is 5.75 Å². The van der Waals surface area contributed by atoms with Crippen LogP contribution in [0.15, 0.2) is 6.07 Å². The van der Waals surface area contributed by atoms with Crippen molar-refractivity contribution in [3.63, 3.8) is 0 Å². The number of Topliss-reactive ketones (excluding diaryl/α,β-unsaturated/α-hetero) is 4. The first-order valence-corrected chi connectivity index (χ1v) is 16.7. The van der Waals surface area contributed by atoms with E-state index in [2.05, 4.69) is 20.8 Å². The van der Waals surface area contributed by atoms with Gasteiger partial charge >= 0.3 is 6.18 Å². The highest BCUT2D eigenvalue weighted by atomic mass is 19.4. The molecule has 6 rings (SSSR count). The lowest BCUT2D eigenvalue weighted by atomic mass is 9.52. The molecule has 1 aromatic rings. The first kappa shape index (κ1) is 34.7. The molecule has 5 aliphatic carbocycles. The summed E-state index contributed by atoms with van der Waals surface area (Å²) < 4.78 is 45.4. The molecule has 0 heterocycles. The third-order valence-electron chi connectivity index (χ3n) is 13.4. The van der Waals surface area contributed by atoms with Crippen LogP contribution in [0.1, 0.15) is 80.4 Å². The average molecular weight is 676 g/mol. The number of alkyl halides is 3. The highest BCUT2D eigenvalue weighted by Crippen LogP contribution is 2.67. The molecule has 2 bridgehead atoms. The van der Waals surface area contributed by atoms with E-state index in [9.17, 15) is 34.2 Å². The minimum absolute atomic E-state index is 0.0105. The second-order valence-electron chi connectivity index (χ2n) is 15.8. The van der Waals surface area contributed by atoms with Crippen molar-refractivity contribution >= 4 is 29.0 Å². The molecule has 4 unspecified atom stereocenters. The molecule has 0 spiro atoms. The molecule has 9 atom stereocenters. The van der Waals surface area contributed by atoms with Gasteiger partial charge in [-0.2, -0.15) is 13.2 Å². The lowest BCUT2D eigenvalue weighted by Crippen LogP contribution is -2.74. The molecule has 4 saturated carbocycles. The van der Waals surface area contributed by atoms with Crippen LogP contribution in [-0.4, -0.2) is 87.4 Å². The van der Waals surface area contributed by atoms with E-state index in [1.54, 1.807) is 0 Å². The Morgan fingerprint density at radius 1 is 1.08 bits per heavy atom. The largest absolute Gasteiger partial charge is 0.507 e. The smallest absolute Gasteiger partial charge is 0.417 e. The number of aliphatic hydroxyl groups is 1. The fraction of sp³-hybridized carbons (Fsp3) is 0.686. The molecule has 1 amide bonds. The van der Waals surface area contributed by atoms with Gasteiger partial charge in [-0.1, -0.05) is 27.7 Å². The van der Waals surface area contributed by atoms with Gasteiger partial charge in [0.15, 0.2) is 34.7 Å². The van der Waals surface area contributed by atoms with Crippen LogP contribution >= 0.6 is 0 Å². The number of ketones is 4. The summed E-state index contributed by atoms with van der Waals surface area (Å²) in [7, 11) is 2.88. The molecule has 10 nitrogen and oxygen atoms in total. The molecule has 1 aromatic carbocycles. The maximum Gasteiger partial charge on any atom is 0.417 e. The Hall–Kier alpha value is -3.16. The first-order valence-electron chi connectivity index (χ1n) is 16.7. The number of hydrogen-bond acceptors (Lipinski definition) is 9. The topological polar surface area (TPSA) is 158 Å². The summed E-state index contributed by atoms with van der Waals surface area (Å²) in [6.07, 6.45) is -2.82. The second kappa shape index (κ2) is 10.9. The van der Waals surface area contributed by atoms with Crippen molar-refractivity contribution in [2.45, 2.75) is 90.2 Å². The van der Waals surface area contributed by atoms with Crippen molar-refractivity contribution < 1.29 is 47.4 Å². The number of amides is 1.